The van der Waals surface area contributed by atoms with Crippen LogP contribution in [-0.2, 0) is 16.0 Å². The summed E-state index contributed by atoms with van der Waals surface area (Å²) in [5, 5.41) is 22.2. The van der Waals surface area contributed by atoms with Crippen molar-refractivity contribution >= 4 is 28.3 Å². The molecule has 2 aromatic rings. The molecular formula is C20H24N4O3S. The molecule has 1 aromatic carbocycles. The van der Waals surface area contributed by atoms with Crippen molar-refractivity contribution in [3.8, 4) is 0 Å². The number of aliphatic hydroxyl groups is 1. The van der Waals surface area contributed by atoms with Gasteiger partial charge in [-0.05, 0) is 18.4 Å². The van der Waals surface area contributed by atoms with E-state index in [1.165, 1.54) is 11.3 Å². The van der Waals surface area contributed by atoms with Gasteiger partial charge in [-0.15, -0.1) is 10.2 Å². The van der Waals surface area contributed by atoms with Crippen LogP contribution in [0.1, 0.15) is 36.3 Å². The minimum Gasteiger partial charge on any atom is -0.396 e. The number of hydrogen-bond acceptors (Lipinski definition) is 6. The first-order valence-electron chi connectivity index (χ1n) is 9.64. The Balaban J connectivity index is 1.35. The highest BCUT2D eigenvalue weighted by atomic mass is 32.1. The fourth-order valence-electron chi connectivity index (χ4n) is 3.75. The number of anilines is 1. The Morgan fingerprint density at radius 2 is 2.07 bits per heavy atom. The second kappa shape index (κ2) is 7.97. The third-order valence-electron chi connectivity index (χ3n) is 5.77. The smallest absolute Gasteiger partial charge is 0.229 e. The lowest BCUT2D eigenvalue weighted by Gasteiger charge is -2.40. The number of aromatic nitrogens is 2. The van der Waals surface area contributed by atoms with Gasteiger partial charge in [0.25, 0.3) is 0 Å². The van der Waals surface area contributed by atoms with Gasteiger partial charge in [0.1, 0.15) is 5.01 Å². The van der Waals surface area contributed by atoms with Gasteiger partial charge < -0.3 is 10.4 Å². The van der Waals surface area contributed by atoms with Crippen molar-refractivity contribution in [2.45, 2.75) is 32.1 Å². The fourth-order valence-corrected chi connectivity index (χ4v) is 4.65. The summed E-state index contributed by atoms with van der Waals surface area (Å²) in [6, 6.07) is 9.99. The second-order valence-electron chi connectivity index (χ2n) is 7.78. The van der Waals surface area contributed by atoms with Gasteiger partial charge in [0, 0.05) is 31.3 Å². The van der Waals surface area contributed by atoms with Crippen molar-refractivity contribution in [3.05, 3.63) is 40.9 Å². The van der Waals surface area contributed by atoms with Crippen LogP contribution in [0.25, 0.3) is 0 Å². The van der Waals surface area contributed by atoms with E-state index in [2.05, 4.69) is 15.5 Å². The van der Waals surface area contributed by atoms with Gasteiger partial charge in [0.05, 0.1) is 12.5 Å². The number of carbonyl (C=O) groups is 2. The van der Waals surface area contributed by atoms with E-state index in [4.69, 9.17) is 0 Å². The summed E-state index contributed by atoms with van der Waals surface area (Å²) in [6.45, 7) is 0.905. The highest BCUT2D eigenvalue weighted by Gasteiger charge is 2.40. The van der Waals surface area contributed by atoms with E-state index >= 15 is 0 Å². The first-order chi connectivity index (χ1) is 13.6. The molecule has 2 N–H and O–H groups in total. The Hall–Kier alpha value is -2.32. The molecule has 1 atom stereocenters. The molecule has 2 amide bonds. The highest BCUT2D eigenvalue weighted by Crippen LogP contribution is 2.39. The van der Waals surface area contributed by atoms with E-state index < -0.39 is 0 Å². The molecule has 0 radical (unpaired) electrons. The largest absolute Gasteiger partial charge is 0.396 e. The summed E-state index contributed by atoms with van der Waals surface area (Å²) in [7, 11) is 0. The van der Waals surface area contributed by atoms with Crippen LogP contribution in [0.15, 0.2) is 30.3 Å². The van der Waals surface area contributed by atoms with E-state index in [0.717, 1.165) is 29.8 Å². The van der Waals surface area contributed by atoms with Gasteiger partial charge in [-0.3, -0.25) is 14.5 Å². The molecule has 2 aliphatic rings. The van der Waals surface area contributed by atoms with Crippen LogP contribution in [0, 0.1) is 11.3 Å². The molecule has 2 fully saturated rings. The lowest BCUT2D eigenvalue weighted by Crippen LogP contribution is -2.46. The average molecular weight is 401 g/mol. The number of hydrogen-bond donors (Lipinski definition) is 2. The van der Waals surface area contributed by atoms with E-state index in [1.807, 2.05) is 30.3 Å². The minimum atomic E-state index is -0.384. The molecule has 1 saturated carbocycles. The number of nitrogens with zero attached hydrogens (tertiary/aromatic N) is 3. The molecule has 28 heavy (non-hydrogen) atoms. The number of benzene rings is 1. The summed E-state index contributed by atoms with van der Waals surface area (Å²) in [4.78, 5) is 26.5. The maximum Gasteiger partial charge on any atom is 0.229 e. The number of carbonyl (C=O) groups excluding carboxylic acids is 2. The van der Waals surface area contributed by atoms with E-state index in [9.17, 15) is 14.7 Å². The topological polar surface area (TPSA) is 95.4 Å². The third-order valence-corrected chi connectivity index (χ3v) is 6.71. The molecule has 8 heteroatoms. The molecular weight excluding hydrogens is 376 g/mol. The van der Waals surface area contributed by atoms with Gasteiger partial charge in [-0.25, -0.2) is 0 Å². The summed E-state index contributed by atoms with van der Waals surface area (Å²) >= 11 is 1.39. The maximum atomic E-state index is 12.5. The predicted octanol–water partition coefficient (Wildman–Crippen LogP) is 1.76. The molecule has 0 spiro atoms. The minimum absolute atomic E-state index is 0.0944. The van der Waals surface area contributed by atoms with Gasteiger partial charge in [0.15, 0.2) is 0 Å². The number of amides is 2. The van der Waals surface area contributed by atoms with Gasteiger partial charge in [-0.2, -0.15) is 0 Å². The maximum absolute atomic E-state index is 12.5. The molecule has 1 aromatic heterocycles. The molecule has 0 bridgehead atoms. The average Bonchev–Trinajstić information content (AvgIpc) is 3.28. The van der Waals surface area contributed by atoms with Crippen LogP contribution in [0.5, 0.6) is 0 Å². The van der Waals surface area contributed by atoms with Crippen molar-refractivity contribution in [1.82, 2.24) is 15.5 Å². The van der Waals surface area contributed by atoms with Crippen molar-refractivity contribution in [2.24, 2.45) is 11.3 Å². The second-order valence-corrected chi connectivity index (χ2v) is 8.82. The number of aliphatic hydroxyl groups excluding tert-OH is 1. The number of rotatable bonds is 7. The van der Waals surface area contributed by atoms with Gasteiger partial charge >= 0.3 is 0 Å². The quantitative estimate of drug-likeness (QED) is 0.738. The summed E-state index contributed by atoms with van der Waals surface area (Å²) < 4.78 is 0. The van der Waals surface area contributed by atoms with E-state index in [-0.39, 0.29) is 36.2 Å². The predicted molar refractivity (Wildman–Crippen MR) is 106 cm³/mol. The van der Waals surface area contributed by atoms with Crippen LogP contribution in [0.4, 0.5) is 5.13 Å². The van der Waals surface area contributed by atoms with Crippen LogP contribution < -0.4 is 10.2 Å². The highest BCUT2D eigenvalue weighted by molar-refractivity contribution is 7.15. The Bertz CT molecular complexity index is 845. The van der Waals surface area contributed by atoms with Crippen LogP contribution in [0.3, 0.4) is 0 Å². The van der Waals surface area contributed by atoms with Crippen molar-refractivity contribution < 1.29 is 14.7 Å². The molecule has 2 heterocycles. The molecule has 1 aliphatic heterocycles. The Kier molecular flexibility index (Phi) is 5.41. The fraction of sp³-hybridized carbons (Fsp3) is 0.500. The molecule has 1 saturated heterocycles. The molecule has 1 aliphatic carbocycles. The monoisotopic (exact) mass is 400 g/mol. The Morgan fingerprint density at radius 1 is 1.29 bits per heavy atom. The molecule has 7 nitrogen and oxygen atoms in total. The zero-order valence-electron chi connectivity index (χ0n) is 15.6. The SMILES string of the molecule is O=C(NCC1(CO)CCC1)C1CC(=O)N(c2nnc(Cc3ccccc3)s2)C1. The van der Waals surface area contributed by atoms with Crippen LogP contribution in [-0.4, -0.2) is 46.8 Å². The molecule has 1 unspecified atom stereocenters. The first-order valence-corrected chi connectivity index (χ1v) is 10.5. The molecule has 4 rings (SSSR count). The van der Waals surface area contributed by atoms with Gasteiger partial charge in [-0.1, -0.05) is 48.1 Å². The lowest BCUT2D eigenvalue weighted by atomic mass is 9.69. The summed E-state index contributed by atoms with van der Waals surface area (Å²) in [5.74, 6) is -0.600. The van der Waals surface area contributed by atoms with E-state index in [0.29, 0.717) is 24.6 Å². The Morgan fingerprint density at radius 3 is 2.75 bits per heavy atom. The molecule has 148 valence electrons. The van der Waals surface area contributed by atoms with Gasteiger partial charge in [0.2, 0.25) is 16.9 Å². The summed E-state index contributed by atoms with van der Waals surface area (Å²) in [6.07, 6.45) is 3.83. The zero-order valence-corrected chi connectivity index (χ0v) is 16.5. The third kappa shape index (κ3) is 3.93. The van der Waals surface area contributed by atoms with Crippen molar-refractivity contribution in [2.75, 3.05) is 24.6 Å². The lowest BCUT2D eigenvalue weighted by molar-refractivity contribution is -0.127. The van der Waals surface area contributed by atoms with Crippen LogP contribution >= 0.6 is 11.3 Å². The van der Waals surface area contributed by atoms with Crippen molar-refractivity contribution in [1.29, 1.82) is 0 Å². The summed E-state index contributed by atoms with van der Waals surface area (Å²) in [5.41, 5.74) is 0.979. The van der Waals surface area contributed by atoms with Crippen molar-refractivity contribution in [3.63, 3.8) is 0 Å². The van der Waals surface area contributed by atoms with E-state index in [1.54, 1.807) is 4.90 Å². The normalized spacial score (nSPS) is 20.8. The standard InChI is InChI=1S/C20H24N4O3S/c25-13-20(7-4-8-20)12-21-18(27)15-10-17(26)24(11-15)19-23-22-16(28-19)9-14-5-2-1-3-6-14/h1-3,5-6,15,25H,4,7-13H2,(H,21,27). The van der Waals surface area contributed by atoms with Crippen LogP contribution in [0.2, 0.25) is 0 Å². The Labute approximate surface area is 167 Å². The zero-order chi connectivity index (χ0) is 19.6. The first kappa shape index (κ1) is 19.0. The number of nitrogens with one attached hydrogen (secondary N) is 1.